The zero-order chi connectivity index (χ0) is 21.3. The van der Waals surface area contributed by atoms with E-state index in [0.717, 1.165) is 49.8 Å². The third-order valence-electron chi connectivity index (χ3n) is 5.66. The summed E-state index contributed by atoms with van der Waals surface area (Å²) >= 11 is 0. The summed E-state index contributed by atoms with van der Waals surface area (Å²) in [5.41, 5.74) is 2.36. The van der Waals surface area contributed by atoms with Crippen molar-refractivity contribution in [2.45, 2.75) is 26.4 Å². The Kier molecular flexibility index (Phi) is 8.11. The molecule has 1 saturated heterocycles. The lowest BCUT2D eigenvalue weighted by molar-refractivity contribution is -0.126. The molecule has 1 aliphatic rings. The van der Waals surface area contributed by atoms with Crippen LogP contribution in [-0.4, -0.2) is 68.2 Å². The van der Waals surface area contributed by atoms with E-state index in [-0.39, 0.29) is 11.9 Å². The largest absolute Gasteiger partial charge is 0.497 e. The highest BCUT2D eigenvalue weighted by atomic mass is 16.5. The number of amides is 1. The van der Waals surface area contributed by atoms with Crippen molar-refractivity contribution in [3.63, 3.8) is 0 Å². The van der Waals surface area contributed by atoms with Crippen LogP contribution in [-0.2, 0) is 11.3 Å². The van der Waals surface area contributed by atoms with Crippen molar-refractivity contribution in [3.05, 3.63) is 59.7 Å². The third kappa shape index (κ3) is 6.47. The average molecular weight is 412 g/mol. The fourth-order valence-electron chi connectivity index (χ4n) is 3.55. The highest BCUT2D eigenvalue weighted by Gasteiger charge is 2.25. The Labute approximate surface area is 179 Å². The zero-order valence-corrected chi connectivity index (χ0v) is 18.3. The first-order valence-electron chi connectivity index (χ1n) is 10.6. The van der Waals surface area contributed by atoms with Gasteiger partial charge in [-0.3, -0.25) is 14.6 Å². The first-order chi connectivity index (χ1) is 14.5. The van der Waals surface area contributed by atoms with E-state index < -0.39 is 0 Å². The van der Waals surface area contributed by atoms with E-state index in [1.54, 1.807) is 7.11 Å². The van der Waals surface area contributed by atoms with Gasteiger partial charge in [0.15, 0.2) is 0 Å². The van der Waals surface area contributed by atoms with Crippen LogP contribution in [0.25, 0.3) is 0 Å². The van der Waals surface area contributed by atoms with E-state index in [0.29, 0.717) is 13.2 Å². The van der Waals surface area contributed by atoms with Crippen LogP contribution in [0.3, 0.4) is 0 Å². The second kappa shape index (κ2) is 11.0. The maximum Gasteiger partial charge on any atom is 0.237 e. The number of benzene rings is 2. The molecular weight excluding hydrogens is 378 g/mol. The number of aryl methyl sites for hydroxylation is 1. The number of carbonyl (C=O) groups excluding carboxylic acids is 1. The van der Waals surface area contributed by atoms with Crippen LogP contribution in [0.15, 0.2) is 48.5 Å². The normalized spacial score (nSPS) is 16.1. The monoisotopic (exact) mass is 411 g/mol. The fourth-order valence-corrected chi connectivity index (χ4v) is 3.55. The molecule has 3 rings (SSSR count). The summed E-state index contributed by atoms with van der Waals surface area (Å²) in [4.78, 5) is 17.2. The van der Waals surface area contributed by atoms with E-state index in [1.165, 1.54) is 5.56 Å². The molecule has 1 unspecified atom stereocenters. The summed E-state index contributed by atoms with van der Waals surface area (Å²) in [5, 5.41) is 3.06. The van der Waals surface area contributed by atoms with Crippen LogP contribution in [0.5, 0.6) is 11.5 Å². The lowest BCUT2D eigenvalue weighted by Gasteiger charge is -2.37. The molecule has 6 heteroatoms. The minimum absolute atomic E-state index is 0.0897. The van der Waals surface area contributed by atoms with Gasteiger partial charge in [-0.25, -0.2) is 0 Å². The highest BCUT2D eigenvalue weighted by Crippen LogP contribution is 2.17. The summed E-state index contributed by atoms with van der Waals surface area (Å²) in [6.07, 6.45) is 0. The molecule has 1 fully saturated rings. The molecule has 0 bridgehead atoms. The van der Waals surface area contributed by atoms with E-state index in [4.69, 9.17) is 9.47 Å². The van der Waals surface area contributed by atoms with E-state index >= 15 is 0 Å². The van der Waals surface area contributed by atoms with Crippen LogP contribution < -0.4 is 14.8 Å². The van der Waals surface area contributed by atoms with Crippen LogP contribution in [0.1, 0.15) is 18.1 Å². The first kappa shape index (κ1) is 22.1. The molecule has 0 saturated carbocycles. The summed E-state index contributed by atoms with van der Waals surface area (Å²) in [5.74, 6) is 1.77. The Bertz CT molecular complexity index is 784. The van der Waals surface area contributed by atoms with Gasteiger partial charge in [0, 0.05) is 39.3 Å². The number of hydrogen-bond acceptors (Lipinski definition) is 5. The minimum Gasteiger partial charge on any atom is -0.497 e. The van der Waals surface area contributed by atoms with Gasteiger partial charge in [-0.1, -0.05) is 29.8 Å². The van der Waals surface area contributed by atoms with Gasteiger partial charge in [-0.2, -0.15) is 0 Å². The van der Waals surface area contributed by atoms with Gasteiger partial charge in [0.1, 0.15) is 18.1 Å². The molecule has 0 radical (unpaired) electrons. The number of hydrogen-bond donors (Lipinski definition) is 1. The maximum atomic E-state index is 12.5. The molecule has 1 N–H and O–H groups in total. The lowest BCUT2D eigenvalue weighted by Crippen LogP contribution is -2.54. The van der Waals surface area contributed by atoms with E-state index in [9.17, 15) is 4.79 Å². The summed E-state index contributed by atoms with van der Waals surface area (Å²) < 4.78 is 11.0. The number of ether oxygens (including phenoxy) is 2. The van der Waals surface area contributed by atoms with Crippen molar-refractivity contribution in [2.75, 3.05) is 46.4 Å². The van der Waals surface area contributed by atoms with Crippen molar-refractivity contribution >= 4 is 5.91 Å². The SMILES string of the molecule is COc1ccc(OCCN2CCN(C(C)C(=O)NCc3ccc(C)cc3)CC2)cc1. The average Bonchev–Trinajstić information content (AvgIpc) is 2.79. The van der Waals surface area contributed by atoms with Crippen molar-refractivity contribution in [1.82, 2.24) is 15.1 Å². The molecule has 162 valence electrons. The van der Waals surface area contributed by atoms with Gasteiger partial charge in [-0.15, -0.1) is 0 Å². The smallest absolute Gasteiger partial charge is 0.237 e. The Balaban J connectivity index is 1.34. The highest BCUT2D eigenvalue weighted by molar-refractivity contribution is 5.81. The van der Waals surface area contributed by atoms with Crippen LogP contribution in [0, 0.1) is 6.92 Å². The molecule has 0 spiro atoms. The van der Waals surface area contributed by atoms with E-state index in [2.05, 4.69) is 46.3 Å². The van der Waals surface area contributed by atoms with Crippen molar-refractivity contribution in [3.8, 4) is 11.5 Å². The lowest BCUT2D eigenvalue weighted by atomic mass is 10.1. The van der Waals surface area contributed by atoms with Crippen LogP contribution in [0.2, 0.25) is 0 Å². The molecule has 2 aromatic carbocycles. The Morgan fingerprint density at radius 1 is 1.00 bits per heavy atom. The van der Waals surface area contributed by atoms with Gasteiger partial charge >= 0.3 is 0 Å². The topological polar surface area (TPSA) is 54.0 Å². The molecular formula is C24H33N3O3. The predicted molar refractivity (Wildman–Crippen MR) is 119 cm³/mol. The predicted octanol–water partition coefficient (Wildman–Crippen LogP) is 2.70. The van der Waals surface area contributed by atoms with Crippen LogP contribution >= 0.6 is 0 Å². The van der Waals surface area contributed by atoms with Crippen molar-refractivity contribution in [2.24, 2.45) is 0 Å². The number of carbonyl (C=O) groups is 1. The maximum absolute atomic E-state index is 12.5. The van der Waals surface area contributed by atoms with E-state index in [1.807, 2.05) is 31.2 Å². The van der Waals surface area contributed by atoms with Crippen molar-refractivity contribution < 1.29 is 14.3 Å². The van der Waals surface area contributed by atoms with Gasteiger partial charge in [0.25, 0.3) is 0 Å². The fraction of sp³-hybridized carbons (Fsp3) is 0.458. The van der Waals surface area contributed by atoms with Crippen LogP contribution in [0.4, 0.5) is 0 Å². The molecule has 2 aromatic rings. The first-order valence-corrected chi connectivity index (χ1v) is 10.6. The molecule has 1 aliphatic heterocycles. The molecule has 0 aromatic heterocycles. The number of rotatable bonds is 9. The Morgan fingerprint density at radius 3 is 2.27 bits per heavy atom. The van der Waals surface area contributed by atoms with Gasteiger partial charge in [-0.05, 0) is 43.7 Å². The van der Waals surface area contributed by atoms with Gasteiger partial charge < -0.3 is 14.8 Å². The molecule has 1 amide bonds. The summed E-state index contributed by atoms with van der Waals surface area (Å²) in [6, 6.07) is 15.8. The third-order valence-corrected chi connectivity index (χ3v) is 5.66. The quantitative estimate of drug-likeness (QED) is 0.688. The summed E-state index contributed by atoms with van der Waals surface area (Å²) in [6.45, 7) is 9.84. The van der Waals surface area contributed by atoms with Crippen molar-refractivity contribution in [1.29, 1.82) is 0 Å². The standard InChI is InChI=1S/C24H33N3O3/c1-19-4-6-21(7-5-19)18-25-24(28)20(2)27-14-12-26(13-15-27)16-17-30-23-10-8-22(29-3)9-11-23/h4-11,20H,12-18H2,1-3H3,(H,25,28). The number of methoxy groups -OCH3 is 1. The molecule has 1 atom stereocenters. The van der Waals surface area contributed by atoms with Gasteiger partial charge in [0.2, 0.25) is 5.91 Å². The Morgan fingerprint density at radius 2 is 1.63 bits per heavy atom. The molecule has 0 aliphatic carbocycles. The van der Waals surface area contributed by atoms with Gasteiger partial charge in [0.05, 0.1) is 13.2 Å². The number of piperazine rings is 1. The molecule has 30 heavy (non-hydrogen) atoms. The second-order valence-corrected chi connectivity index (χ2v) is 7.78. The summed E-state index contributed by atoms with van der Waals surface area (Å²) in [7, 11) is 1.66. The number of nitrogens with zero attached hydrogens (tertiary/aromatic N) is 2. The number of nitrogens with one attached hydrogen (secondary N) is 1. The molecule has 1 heterocycles. The second-order valence-electron chi connectivity index (χ2n) is 7.78. The minimum atomic E-state index is -0.117. The molecule has 6 nitrogen and oxygen atoms in total. The zero-order valence-electron chi connectivity index (χ0n) is 18.3. The Hall–Kier alpha value is -2.57.